The average Bonchev–Trinajstić information content (AvgIpc) is 2.48. The van der Waals surface area contributed by atoms with E-state index in [4.69, 9.17) is 10.5 Å². The Morgan fingerprint density at radius 2 is 1.70 bits per heavy atom. The van der Waals surface area contributed by atoms with E-state index in [0.29, 0.717) is 13.1 Å². The molecule has 1 heterocycles. The van der Waals surface area contributed by atoms with Crippen LogP contribution in [-0.2, 0) is 9.53 Å². The second kappa shape index (κ2) is 10.5. The maximum absolute atomic E-state index is 11.7. The first kappa shape index (κ1) is 21.7. The van der Waals surface area contributed by atoms with E-state index < -0.39 is 5.60 Å². The highest BCUT2D eigenvalue weighted by Crippen LogP contribution is 2.18. The number of likely N-dealkylation sites (tertiary alicyclic amines) is 1. The van der Waals surface area contributed by atoms with E-state index in [0.717, 1.165) is 12.8 Å². The number of rotatable bonds is 4. The zero-order chi connectivity index (χ0) is 18.0. The van der Waals surface area contributed by atoms with Gasteiger partial charge in [-0.3, -0.25) is 4.79 Å². The van der Waals surface area contributed by atoms with Crippen molar-refractivity contribution in [2.24, 2.45) is 11.7 Å². The van der Waals surface area contributed by atoms with Gasteiger partial charge in [-0.25, -0.2) is 4.79 Å². The molecule has 1 fully saturated rings. The van der Waals surface area contributed by atoms with Crippen molar-refractivity contribution >= 4 is 12.0 Å². The van der Waals surface area contributed by atoms with Crippen LogP contribution in [0.1, 0.15) is 54.4 Å². The molecule has 0 spiro atoms. The average molecular weight is 329 g/mol. The molecular weight excluding hydrogens is 294 g/mol. The smallest absolute Gasteiger partial charge is 0.410 e. The summed E-state index contributed by atoms with van der Waals surface area (Å²) < 4.78 is 5.24. The number of primary amides is 1. The van der Waals surface area contributed by atoms with Crippen molar-refractivity contribution in [1.29, 1.82) is 0 Å². The third-order valence-corrected chi connectivity index (χ3v) is 3.82. The lowest BCUT2D eigenvalue weighted by molar-refractivity contribution is -0.123. The van der Waals surface area contributed by atoms with Crippen molar-refractivity contribution in [3.8, 4) is 0 Å². The molecule has 2 N–H and O–H groups in total. The molecule has 23 heavy (non-hydrogen) atoms. The van der Waals surface area contributed by atoms with Crippen molar-refractivity contribution in [2.45, 2.75) is 60.0 Å². The summed E-state index contributed by atoms with van der Waals surface area (Å²) in [5.74, 6) is -0.575. The van der Waals surface area contributed by atoms with Gasteiger partial charge in [0.1, 0.15) is 5.60 Å². The number of hydrogen-bond acceptors (Lipinski definition) is 4. The molecule has 136 valence electrons. The summed E-state index contributed by atoms with van der Waals surface area (Å²) in [5, 5.41) is 0. The monoisotopic (exact) mass is 329 g/mol. The minimum Gasteiger partial charge on any atom is -0.444 e. The zero-order valence-corrected chi connectivity index (χ0v) is 15.7. The van der Waals surface area contributed by atoms with Gasteiger partial charge in [0.25, 0.3) is 0 Å². The fourth-order valence-electron chi connectivity index (χ4n) is 2.37. The predicted octanol–water partition coefficient (Wildman–Crippen LogP) is 2.47. The molecule has 0 bridgehead atoms. The van der Waals surface area contributed by atoms with Crippen molar-refractivity contribution < 1.29 is 14.3 Å². The van der Waals surface area contributed by atoms with E-state index in [1.54, 1.807) is 4.90 Å². The van der Waals surface area contributed by atoms with Crippen LogP contribution in [0, 0.1) is 5.92 Å². The van der Waals surface area contributed by atoms with Crippen molar-refractivity contribution in [1.82, 2.24) is 9.80 Å². The Bertz CT molecular complexity index is 357. The Kier molecular flexibility index (Phi) is 9.88. The highest BCUT2D eigenvalue weighted by Gasteiger charge is 2.29. The summed E-state index contributed by atoms with van der Waals surface area (Å²) in [7, 11) is 0. The van der Waals surface area contributed by atoms with Gasteiger partial charge in [0.2, 0.25) is 5.91 Å². The molecule has 0 aromatic rings. The summed E-state index contributed by atoms with van der Waals surface area (Å²) in [4.78, 5) is 26.7. The number of amides is 2. The van der Waals surface area contributed by atoms with Crippen LogP contribution in [0.25, 0.3) is 0 Å². The first-order valence-electron chi connectivity index (χ1n) is 8.64. The van der Waals surface area contributed by atoms with Crippen LogP contribution < -0.4 is 5.73 Å². The first-order chi connectivity index (χ1) is 10.6. The standard InChI is InChI=1S/C11H20N2O3.C6H15N/c1-11(2,3)16-10(15)13-6-4-5-8(7-13)9(12)14;1-4-7(5-2)6-3/h8H,4-7H2,1-3H3,(H2,12,14);4-6H2,1-3H3/t8-;/m0./s1. The molecule has 1 atom stereocenters. The summed E-state index contributed by atoms with van der Waals surface area (Å²) >= 11 is 0. The summed E-state index contributed by atoms with van der Waals surface area (Å²) in [5.41, 5.74) is 4.74. The van der Waals surface area contributed by atoms with Gasteiger partial charge in [0.15, 0.2) is 0 Å². The molecule has 6 heteroatoms. The lowest BCUT2D eigenvalue weighted by Gasteiger charge is -2.32. The normalized spacial score (nSPS) is 18.2. The molecular formula is C17H35N3O3. The van der Waals surface area contributed by atoms with Crippen LogP contribution >= 0.6 is 0 Å². The molecule has 0 aliphatic carbocycles. The summed E-state index contributed by atoms with van der Waals surface area (Å²) in [6.45, 7) is 16.6. The van der Waals surface area contributed by atoms with Gasteiger partial charge in [0.05, 0.1) is 5.92 Å². The Balaban J connectivity index is 0.000000585. The summed E-state index contributed by atoms with van der Waals surface area (Å²) in [6, 6.07) is 0. The van der Waals surface area contributed by atoms with E-state index in [-0.39, 0.29) is 17.9 Å². The SMILES string of the molecule is CC(C)(C)OC(=O)N1CCC[C@H](C(N)=O)C1.CCN(CC)CC. The highest BCUT2D eigenvalue weighted by molar-refractivity contribution is 5.78. The minimum atomic E-state index is -0.503. The van der Waals surface area contributed by atoms with E-state index in [9.17, 15) is 9.59 Å². The Morgan fingerprint density at radius 3 is 2.04 bits per heavy atom. The number of carbonyl (C=O) groups excluding carboxylic acids is 2. The number of piperidine rings is 1. The molecule has 6 nitrogen and oxygen atoms in total. The van der Waals surface area contributed by atoms with Gasteiger partial charge < -0.3 is 20.3 Å². The quantitative estimate of drug-likeness (QED) is 0.859. The predicted molar refractivity (Wildman–Crippen MR) is 93.2 cm³/mol. The third kappa shape index (κ3) is 9.43. The number of nitrogens with zero attached hydrogens (tertiary/aromatic N) is 2. The maximum Gasteiger partial charge on any atom is 0.410 e. The van der Waals surface area contributed by atoms with Crippen LogP contribution in [0.3, 0.4) is 0 Å². The van der Waals surface area contributed by atoms with Gasteiger partial charge in [-0.1, -0.05) is 20.8 Å². The van der Waals surface area contributed by atoms with Gasteiger partial charge in [-0.15, -0.1) is 0 Å². The summed E-state index contributed by atoms with van der Waals surface area (Å²) in [6.07, 6.45) is 1.19. The van der Waals surface area contributed by atoms with Gasteiger partial charge in [-0.05, 0) is 53.2 Å². The largest absolute Gasteiger partial charge is 0.444 e. The Labute approximate surface area is 141 Å². The van der Waals surface area contributed by atoms with Gasteiger partial charge in [-0.2, -0.15) is 0 Å². The second-order valence-corrected chi connectivity index (χ2v) is 6.79. The molecule has 0 aromatic heterocycles. The van der Waals surface area contributed by atoms with E-state index in [2.05, 4.69) is 25.7 Å². The maximum atomic E-state index is 11.7. The Hall–Kier alpha value is -1.30. The lowest BCUT2D eigenvalue weighted by atomic mass is 9.98. The van der Waals surface area contributed by atoms with Crippen LogP contribution in [0.2, 0.25) is 0 Å². The Morgan fingerprint density at radius 1 is 1.17 bits per heavy atom. The zero-order valence-electron chi connectivity index (χ0n) is 15.7. The fourth-order valence-corrected chi connectivity index (χ4v) is 2.37. The second-order valence-electron chi connectivity index (χ2n) is 6.79. The topological polar surface area (TPSA) is 75.9 Å². The molecule has 2 amide bonds. The molecule has 0 saturated carbocycles. The molecule has 1 saturated heterocycles. The van der Waals surface area contributed by atoms with Crippen molar-refractivity contribution in [3.63, 3.8) is 0 Å². The van der Waals surface area contributed by atoms with Crippen LogP contribution in [-0.4, -0.2) is 60.1 Å². The number of ether oxygens (including phenoxy) is 1. The number of hydrogen-bond donors (Lipinski definition) is 1. The van der Waals surface area contributed by atoms with E-state index in [1.165, 1.54) is 19.6 Å². The highest BCUT2D eigenvalue weighted by atomic mass is 16.6. The molecule has 1 aliphatic heterocycles. The van der Waals surface area contributed by atoms with Crippen molar-refractivity contribution in [3.05, 3.63) is 0 Å². The lowest BCUT2D eigenvalue weighted by Crippen LogP contribution is -2.45. The van der Waals surface area contributed by atoms with Gasteiger partial charge >= 0.3 is 6.09 Å². The third-order valence-electron chi connectivity index (χ3n) is 3.82. The number of nitrogens with two attached hydrogens (primary N) is 1. The van der Waals surface area contributed by atoms with Crippen molar-refractivity contribution in [2.75, 3.05) is 32.7 Å². The molecule has 1 aliphatic rings. The molecule has 0 radical (unpaired) electrons. The minimum absolute atomic E-state index is 0.235. The van der Waals surface area contributed by atoms with Crippen LogP contribution in [0.5, 0.6) is 0 Å². The molecule has 1 rings (SSSR count). The molecule has 0 unspecified atom stereocenters. The molecule has 0 aromatic carbocycles. The van der Waals surface area contributed by atoms with Crippen LogP contribution in [0.15, 0.2) is 0 Å². The van der Waals surface area contributed by atoms with Gasteiger partial charge in [0, 0.05) is 13.1 Å². The first-order valence-corrected chi connectivity index (χ1v) is 8.64. The van der Waals surface area contributed by atoms with E-state index in [1.807, 2.05) is 20.8 Å². The van der Waals surface area contributed by atoms with E-state index >= 15 is 0 Å². The number of carbonyl (C=O) groups is 2. The fraction of sp³-hybridized carbons (Fsp3) is 0.882. The van der Waals surface area contributed by atoms with Crippen LogP contribution in [0.4, 0.5) is 4.79 Å².